The number of nitrogens with zero attached hydrogens (tertiary/aromatic N) is 4. The van der Waals surface area contributed by atoms with Gasteiger partial charge in [-0.1, -0.05) is 20.8 Å². The molecule has 1 aromatic carbocycles. The van der Waals surface area contributed by atoms with Gasteiger partial charge in [-0.2, -0.15) is 0 Å². The molecule has 0 bridgehead atoms. The number of aliphatic hydroxyl groups is 1. The molecule has 3 rings (SSSR count). The summed E-state index contributed by atoms with van der Waals surface area (Å²) in [6, 6.07) is 2.08. The summed E-state index contributed by atoms with van der Waals surface area (Å²) in [5.74, 6) is 0.423. The van der Waals surface area contributed by atoms with Crippen LogP contribution in [0.25, 0.3) is 0 Å². The zero-order chi connectivity index (χ0) is 28.5. The first-order chi connectivity index (χ1) is 17.5. The molecule has 0 amide bonds. The van der Waals surface area contributed by atoms with E-state index in [0.717, 1.165) is 6.26 Å². The molecule has 2 N–H and O–H groups in total. The second kappa shape index (κ2) is 11.2. The normalized spacial score (nSPS) is 16.4. The third-order valence-electron chi connectivity index (χ3n) is 6.80. The molecule has 1 unspecified atom stereocenters. The van der Waals surface area contributed by atoms with Crippen molar-refractivity contribution >= 4 is 31.2 Å². The van der Waals surface area contributed by atoms with Crippen LogP contribution in [0.1, 0.15) is 57.3 Å². The molecule has 1 aliphatic heterocycles. The van der Waals surface area contributed by atoms with Crippen molar-refractivity contribution in [3.8, 4) is 0 Å². The van der Waals surface area contributed by atoms with Crippen LogP contribution in [0.3, 0.4) is 0 Å². The lowest BCUT2D eigenvalue weighted by atomic mass is 9.86. The molecular formula is C24H35N5O7S2. The molecule has 1 aliphatic rings. The molecule has 210 valence electrons. The average molecular weight is 570 g/mol. The lowest BCUT2D eigenvalue weighted by molar-refractivity contribution is -0.385. The summed E-state index contributed by atoms with van der Waals surface area (Å²) in [5.41, 5.74) is -0.193. The maximum Gasteiger partial charge on any atom is 0.274 e. The Labute approximate surface area is 223 Å². The van der Waals surface area contributed by atoms with Crippen LogP contribution in [0.4, 0.5) is 11.4 Å². The highest BCUT2D eigenvalue weighted by Crippen LogP contribution is 2.37. The lowest BCUT2D eigenvalue weighted by Gasteiger charge is -2.35. The zero-order valence-corrected chi connectivity index (χ0v) is 23.8. The number of nitro groups is 1. The van der Waals surface area contributed by atoms with Gasteiger partial charge in [0.2, 0.25) is 10.0 Å². The van der Waals surface area contributed by atoms with E-state index in [9.17, 15) is 32.1 Å². The Hall–Kier alpha value is -2.68. The van der Waals surface area contributed by atoms with E-state index in [-0.39, 0.29) is 45.7 Å². The number of benzene rings is 1. The maximum atomic E-state index is 13.6. The standard InChI is InChI=1S/C24H35N5O7S2/c1-16-12-21(38(35,36)27-22(8-11-30)24(2,3)4)20(13-19(16)29(31)32)28-9-6-17(7-10-28)23-25-14-18(15-26-23)37(5,33)34/h12-15,17,22,27,30H,6-11H2,1-5H3. The summed E-state index contributed by atoms with van der Waals surface area (Å²) in [7, 11) is -7.52. The smallest absolute Gasteiger partial charge is 0.274 e. The van der Waals surface area contributed by atoms with Gasteiger partial charge >= 0.3 is 0 Å². The number of aromatic nitrogens is 2. The van der Waals surface area contributed by atoms with Gasteiger partial charge in [-0.25, -0.2) is 31.5 Å². The fourth-order valence-corrected chi connectivity index (χ4v) is 6.73. The number of sulfone groups is 1. The fourth-order valence-electron chi connectivity index (χ4n) is 4.47. The van der Waals surface area contributed by atoms with Crippen LogP contribution in [-0.2, 0) is 19.9 Å². The monoisotopic (exact) mass is 569 g/mol. The van der Waals surface area contributed by atoms with E-state index in [0.29, 0.717) is 31.8 Å². The van der Waals surface area contributed by atoms with Crippen LogP contribution in [0.2, 0.25) is 0 Å². The molecule has 38 heavy (non-hydrogen) atoms. The molecule has 1 atom stereocenters. The Bertz CT molecular complexity index is 1380. The minimum atomic E-state index is -4.10. The van der Waals surface area contributed by atoms with Gasteiger partial charge < -0.3 is 10.0 Å². The molecule has 2 heterocycles. The summed E-state index contributed by atoms with van der Waals surface area (Å²) in [5, 5.41) is 21.2. The van der Waals surface area contributed by atoms with Crippen molar-refractivity contribution in [2.75, 3.05) is 30.9 Å². The molecule has 0 spiro atoms. The van der Waals surface area contributed by atoms with E-state index in [2.05, 4.69) is 14.7 Å². The Kier molecular flexibility index (Phi) is 8.81. The van der Waals surface area contributed by atoms with E-state index in [1.165, 1.54) is 31.5 Å². The number of piperidine rings is 1. The second-order valence-electron chi connectivity index (χ2n) is 10.7. The first kappa shape index (κ1) is 29.9. The average Bonchev–Trinajstić information content (AvgIpc) is 2.82. The molecule has 0 saturated carbocycles. The van der Waals surface area contributed by atoms with E-state index in [4.69, 9.17) is 0 Å². The van der Waals surface area contributed by atoms with Gasteiger partial charge in [0.15, 0.2) is 9.84 Å². The number of sulfonamides is 1. The van der Waals surface area contributed by atoms with Gasteiger partial charge in [0.1, 0.15) is 15.6 Å². The van der Waals surface area contributed by atoms with Gasteiger partial charge in [-0.3, -0.25) is 10.1 Å². The number of aryl methyl sites for hydroxylation is 1. The minimum Gasteiger partial charge on any atom is -0.396 e. The molecule has 2 aromatic rings. The second-order valence-corrected chi connectivity index (χ2v) is 14.4. The van der Waals surface area contributed by atoms with Crippen LogP contribution in [-0.4, -0.2) is 68.8 Å². The van der Waals surface area contributed by atoms with Crippen molar-refractivity contribution in [2.45, 2.75) is 68.7 Å². The Morgan fingerprint density at radius 3 is 2.21 bits per heavy atom. The van der Waals surface area contributed by atoms with Crippen molar-refractivity contribution in [3.05, 3.63) is 46.0 Å². The van der Waals surface area contributed by atoms with Crippen molar-refractivity contribution in [2.24, 2.45) is 5.41 Å². The highest BCUT2D eigenvalue weighted by Gasteiger charge is 2.34. The molecule has 1 saturated heterocycles. The van der Waals surface area contributed by atoms with Crippen LogP contribution in [0, 0.1) is 22.5 Å². The van der Waals surface area contributed by atoms with E-state index >= 15 is 0 Å². The molecule has 14 heteroatoms. The summed E-state index contributed by atoms with van der Waals surface area (Å²) >= 11 is 0. The largest absolute Gasteiger partial charge is 0.396 e. The lowest BCUT2D eigenvalue weighted by Crippen LogP contribution is -2.44. The van der Waals surface area contributed by atoms with Gasteiger partial charge in [0.05, 0.1) is 10.6 Å². The molecule has 0 radical (unpaired) electrons. The minimum absolute atomic E-state index is 0.0303. The Balaban J connectivity index is 1.93. The van der Waals surface area contributed by atoms with Crippen LogP contribution < -0.4 is 9.62 Å². The predicted octanol–water partition coefficient (Wildman–Crippen LogP) is 2.56. The maximum absolute atomic E-state index is 13.6. The number of aliphatic hydroxyl groups excluding tert-OH is 1. The molecule has 12 nitrogen and oxygen atoms in total. The summed E-state index contributed by atoms with van der Waals surface area (Å²) in [4.78, 5) is 21.4. The van der Waals surface area contributed by atoms with Gasteiger partial charge in [0.25, 0.3) is 5.69 Å². The van der Waals surface area contributed by atoms with E-state index < -0.39 is 36.2 Å². The fraction of sp³-hybridized carbons (Fsp3) is 0.583. The highest BCUT2D eigenvalue weighted by atomic mass is 32.2. The SMILES string of the molecule is Cc1cc(S(=O)(=O)NC(CCO)C(C)(C)C)c(N2CCC(c3ncc(S(C)(=O)=O)cn3)CC2)cc1[N+](=O)[O-]. The summed E-state index contributed by atoms with van der Waals surface area (Å²) < 4.78 is 53.3. The molecule has 0 aliphatic carbocycles. The third-order valence-corrected chi connectivity index (χ3v) is 9.37. The summed E-state index contributed by atoms with van der Waals surface area (Å²) in [6.07, 6.45) is 4.94. The van der Waals surface area contributed by atoms with Gasteiger partial charge in [-0.05, 0) is 37.7 Å². The topological polar surface area (TPSA) is 173 Å². The number of hydrogen-bond donors (Lipinski definition) is 2. The van der Waals surface area contributed by atoms with Crippen LogP contribution in [0.15, 0.2) is 34.3 Å². The number of anilines is 1. The van der Waals surface area contributed by atoms with E-state index in [1.54, 1.807) is 4.90 Å². The van der Waals surface area contributed by atoms with Crippen LogP contribution >= 0.6 is 0 Å². The van der Waals surface area contributed by atoms with Gasteiger partial charge in [0, 0.05) is 61.9 Å². The zero-order valence-electron chi connectivity index (χ0n) is 22.2. The number of nitrogens with one attached hydrogen (secondary N) is 1. The molecule has 1 fully saturated rings. The highest BCUT2D eigenvalue weighted by molar-refractivity contribution is 7.90. The van der Waals surface area contributed by atoms with Crippen molar-refractivity contribution in [1.29, 1.82) is 0 Å². The molecule has 1 aromatic heterocycles. The van der Waals surface area contributed by atoms with Crippen molar-refractivity contribution < 1.29 is 26.9 Å². The van der Waals surface area contributed by atoms with E-state index in [1.807, 2.05) is 20.8 Å². The number of nitro benzene ring substituents is 1. The third kappa shape index (κ3) is 6.84. The van der Waals surface area contributed by atoms with Crippen molar-refractivity contribution in [1.82, 2.24) is 14.7 Å². The predicted molar refractivity (Wildman–Crippen MR) is 142 cm³/mol. The summed E-state index contributed by atoms with van der Waals surface area (Å²) in [6.45, 7) is 7.69. The van der Waals surface area contributed by atoms with Gasteiger partial charge in [-0.15, -0.1) is 0 Å². The van der Waals surface area contributed by atoms with Crippen LogP contribution in [0.5, 0.6) is 0 Å². The first-order valence-electron chi connectivity index (χ1n) is 12.2. The van der Waals surface area contributed by atoms with Crippen molar-refractivity contribution in [3.63, 3.8) is 0 Å². The Morgan fingerprint density at radius 1 is 1.16 bits per heavy atom. The first-order valence-corrected chi connectivity index (χ1v) is 15.6. The number of rotatable bonds is 9. The Morgan fingerprint density at radius 2 is 1.74 bits per heavy atom. The number of hydrogen-bond acceptors (Lipinski definition) is 10. The molecular weight excluding hydrogens is 534 g/mol. The quantitative estimate of drug-likeness (QED) is 0.337.